The molecule has 2 fully saturated rings. The van der Waals surface area contributed by atoms with Gasteiger partial charge in [0.15, 0.2) is 5.69 Å². The Morgan fingerprint density at radius 3 is 3.19 bits per heavy atom. The smallest absolute Gasteiger partial charge is 0.276 e. The Labute approximate surface area is 152 Å². The number of piperidine rings is 1. The first-order chi connectivity index (χ1) is 12.7. The maximum absolute atomic E-state index is 12.8. The van der Waals surface area contributed by atoms with Gasteiger partial charge in [-0.05, 0) is 38.3 Å². The van der Waals surface area contributed by atoms with Crippen molar-refractivity contribution < 1.29 is 18.8 Å². The highest BCUT2D eigenvalue weighted by molar-refractivity contribution is 5.92. The normalized spacial score (nSPS) is 25.6. The highest BCUT2D eigenvalue weighted by Crippen LogP contribution is 2.41. The number of likely N-dealkylation sites (tertiary alicyclic amines) is 1. The second-order valence-electron chi connectivity index (χ2n) is 7.14. The molecule has 0 N–H and O–H groups in total. The summed E-state index contributed by atoms with van der Waals surface area (Å²) in [7, 11) is 0. The van der Waals surface area contributed by atoms with Crippen LogP contribution in [0.25, 0.3) is 0 Å². The Morgan fingerprint density at radius 1 is 1.50 bits per heavy atom. The van der Waals surface area contributed by atoms with Crippen molar-refractivity contribution in [3.05, 3.63) is 42.0 Å². The predicted molar refractivity (Wildman–Crippen MR) is 92.9 cm³/mol. The summed E-state index contributed by atoms with van der Waals surface area (Å²) >= 11 is 0. The lowest BCUT2D eigenvalue weighted by Crippen LogP contribution is -2.58. The van der Waals surface area contributed by atoms with Crippen LogP contribution in [-0.2, 0) is 4.74 Å². The van der Waals surface area contributed by atoms with Crippen LogP contribution in [0.15, 0.2) is 35.1 Å². The third kappa shape index (κ3) is 3.31. The molecular formula is C19H23N3O4. The second-order valence-corrected chi connectivity index (χ2v) is 7.14. The van der Waals surface area contributed by atoms with Crippen LogP contribution in [-0.4, -0.2) is 53.4 Å². The summed E-state index contributed by atoms with van der Waals surface area (Å²) in [6.45, 7) is 4.32. The van der Waals surface area contributed by atoms with Crippen molar-refractivity contribution in [3.8, 4) is 5.75 Å². The fourth-order valence-electron chi connectivity index (χ4n) is 3.96. The van der Waals surface area contributed by atoms with Crippen LogP contribution in [0.3, 0.4) is 0 Å². The zero-order valence-electron chi connectivity index (χ0n) is 14.9. The summed E-state index contributed by atoms with van der Waals surface area (Å²) in [5.41, 5.74) is 0.154. The number of hydrogen-bond acceptors (Lipinski definition) is 6. The van der Waals surface area contributed by atoms with Crippen LogP contribution < -0.4 is 4.74 Å². The number of ether oxygens (including phenoxy) is 2. The van der Waals surface area contributed by atoms with E-state index in [-0.39, 0.29) is 17.4 Å². The largest absolute Gasteiger partial charge is 0.491 e. The Hall–Kier alpha value is -2.41. The molecule has 0 spiro atoms. The molecule has 4 heterocycles. The van der Waals surface area contributed by atoms with Crippen LogP contribution in [0.1, 0.15) is 35.5 Å². The lowest BCUT2D eigenvalue weighted by atomic mass is 9.73. The number of amides is 1. The monoisotopic (exact) mass is 357 g/mol. The number of carbonyl (C=O) groups excluding carboxylic acids is 1. The van der Waals surface area contributed by atoms with Crippen molar-refractivity contribution in [1.82, 2.24) is 15.0 Å². The second kappa shape index (κ2) is 7.07. The topological polar surface area (TPSA) is 77.7 Å². The van der Waals surface area contributed by atoms with Gasteiger partial charge in [0.05, 0.1) is 18.9 Å². The highest BCUT2D eigenvalue weighted by atomic mass is 16.5. The van der Waals surface area contributed by atoms with Gasteiger partial charge in [-0.3, -0.25) is 9.78 Å². The summed E-state index contributed by atoms with van der Waals surface area (Å²) < 4.78 is 17.1. The van der Waals surface area contributed by atoms with Gasteiger partial charge in [0.25, 0.3) is 5.91 Å². The zero-order valence-corrected chi connectivity index (χ0v) is 14.9. The maximum Gasteiger partial charge on any atom is 0.276 e. The maximum atomic E-state index is 12.8. The molecule has 2 aliphatic heterocycles. The minimum absolute atomic E-state index is 0.0911. The van der Waals surface area contributed by atoms with Crippen molar-refractivity contribution in [2.75, 3.05) is 26.3 Å². The average Bonchev–Trinajstić information content (AvgIpc) is 3.12. The van der Waals surface area contributed by atoms with E-state index in [1.807, 2.05) is 17.0 Å². The molecule has 0 radical (unpaired) electrons. The molecule has 1 amide bonds. The van der Waals surface area contributed by atoms with Crippen LogP contribution in [0.2, 0.25) is 0 Å². The molecule has 7 nitrogen and oxygen atoms in total. The van der Waals surface area contributed by atoms with Crippen LogP contribution in [0.5, 0.6) is 5.75 Å². The lowest BCUT2D eigenvalue weighted by molar-refractivity contribution is -0.133. The van der Waals surface area contributed by atoms with E-state index in [1.165, 1.54) is 0 Å². The summed E-state index contributed by atoms with van der Waals surface area (Å²) in [5, 5.41) is 3.87. The van der Waals surface area contributed by atoms with Crippen LogP contribution in [0.4, 0.5) is 0 Å². The predicted octanol–water partition coefficient (Wildman–Crippen LogP) is 2.47. The molecule has 7 heteroatoms. The van der Waals surface area contributed by atoms with E-state index in [9.17, 15) is 4.79 Å². The zero-order chi connectivity index (χ0) is 18.0. The Morgan fingerprint density at radius 2 is 2.42 bits per heavy atom. The first kappa shape index (κ1) is 17.0. The van der Waals surface area contributed by atoms with Gasteiger partial charge in [-0.1, -0.05) is 5.16 Å². The Bertz CT molecular complexity index is 763. The SMILES string of the molecule is Cc1cc(C(=O)N2CC[C@@H]3OCCC[C@@]3(COc3cccnc3)C2)no1. The molecule has 2 saturated heterocycles. The number of carbonyl (C=O) groups is 1. The van der Waals surface area contributed by atoms with E-state index in [2.05, 4.69) is 10.1 Å². The van der Waals surface area contributed by atoms with Gasteiger partial charge in [-0.15, -0.1) is 0 Å². The highest BCUT2D eigenvalue weighted by Gasteiger charge is 2.48. The molecule has 26 heavy (non-hydrogen) atoms. The molecule has 0 aliphatic carbocycles. The van der Waals surface area contributed by atoms with Crippen LogP contribution >= 0.6 is 0 Å². The number of rotatable bonds is 4. The summed E-state index contributed by atoms with van der Waals surface area (Å²) in [6.07, 6.45) is 6.28. The van der Waals surface area contributed by atoms with Gasteiger partial charge in [-0.25, -0.2) is 0 Å². The van der Waals surface area contributed by atoms with E-state index in [0.29, 0.717) is 31.2 Å². The quantitative estimate of drug-likeness (QED) is 0.836. The van der Waals surface area contributed by atoms with E-state index in [0.717, 1.165) is 31.6 Å². The van der Waals surface area contributed by atoms with Gasteiger partial charge < -0.3 is 18.9 Å². The molecule has 2 aliphatic rings. The number of fused-ring (bicyclic) bond motifs is 1. The van der Waals surface area contributed by atoms with Crippen molar-refractivity contribution >= 4 is 5.91 Å². The van der Waals surface area contributed by atoms with Gasteiger partial charge in [-0.2, -0.15) is 0 Å². The van der Waals surface area contributed by atoms with Gasteiger partial charge in [0.1, 0.15) is 11.5 Å². The molecule has 0 bridgehead atoms. The molecule has 0 saturated carbocycles. The summed E-state index contributed by atoms with van der Waals surface area (Å²) in [4.78, 5) is 18.8. The molecule has 0 aromatic carbocycles. The first-order valence-corrected chi connectivity index (χ1v) is 9.03. The van der Waals surface area contributed by atoms with E-state index in [4.69, 9.17) is 14.0 Å². The number of aryl methyl sites for hydroxylation is 1. The minimum Gasteiger partial charge on any atom is -0.491 e. The third-order valence-electron chi connectivity index (χ3n) is 5.28. The molecule has 2 aromatic rings. The number of hydrogen-bond donors (Lipinski definition) is 0. The van der Waals surface area contributed by atoms with E-state index in [1.54, 1.807) is 25.4 Å². The molecule has 0 unspecified atom stereocenters. The molecule has 2 aromatic heterocycles. The minimum atomic E-state index is -0.208. The molecule has 2 atom stereocenters. The molecule has 4 rings (SSSR count). The van der Waals surface area contributed by atoms with Gasteiger partial charge >= 0.3 is 0 Å². The number of nitrogens with zero attached hydrogens (tertiary/aromatic N) is 3. The number of aromatic nitrogens is 2. The molecule has 138 valence electrons. The Kier molecular flexibility index (Phi) is 4.63. The van der Waals surface area contributed by atoms with Crippen molar-refractivity contribution in [1.29, 1.82) is 0 Å². The first-order valence-electron chi connectivity index (χ1n) is 9.03. The fourth-order valence-corrected chi connectivity index (χ4v) is 3.96. The van der Waals surface area contributed by atoms with E-state index < -0.39 is 0 Å². The van der Waals surface area contributed by atoms with Crippen molar-refractivity contribution in [2.24, 2.45) is 5.41 Å². The number of pyridine rings is 1. The lowest BCUT2D eigenvalue weighted by Gasteiger charge is -2.49. The summed E-state index contributed by atoms with van der Waals surface area (Å²) in [6, 6.07) is 5.43. The Balaban J connectivity index is 1.51. The fraction of sp³-hybridized carbons (Fsp3) is 0.526. The standard InChI is InChI=1S/C19H23N3O4/c1-14-10-16(21-26-14)18(23)22-8-5-17-19(12-22,6-3-9-24-17)13-25-15-4-2-7-20-11-15/h2,4,7,10-11,17H,3,5-6,8-9,12-13H2,1H3/t17-,19-/m0/s1. The summed E-state index contributed by atoms with van der Waals surface area (Å²) in [5.74, 6) is 1.28. The average molecular weight is 357 g/mol. The van der Waals surface area contributed by atoms with Crippen molar-refractivity contribution in [2.45, 2.75) is 32.3 Å². The van der Waals surface area contributed by atoms with Crippen molar-refractivity contribution in [3.63, 3.8) is 0 Å². The third-order valence-corrected chi connectivity index (χ3v) is 5.28. The van der Waals surface area contributed by atoms with Gasteiger partial charge in [0, 0.05) is 37.4 Å². The van der Waals surface area contributed by atoms with E-state index >= 15 is 0 Å². The van der Waals surface area contributed by atoms with Crippen LogP contribution in [0, 0.1) is 12.3 Å². The van der Waals surface area contributed by atoms with Gasteiger partial charge in [0.2, 0.25) is 0 Å². The molecular weight excluding hydrogens is 334 g/mol.